The molecular formula is C27H35ClN8O2. The first-order valence-electron chi connectivity index (χ1n) is 13.1. The number of benzene rings is 1. The number of likely N-dealkylation sites (N-methyl/N-ethyl adjacent to an activating group) is 1. The fourth-order valence-electron chi connectivity index (χ4n) is 5.60. The first-order valence-corrected chi connectivity index (χ1v) is 13.5. The van der Waals surface area contributed by atoms with E-state index in [4.69, 9.17) is 37.4 Å². The summed E-state index contributed by atoms with van der Waals surface area (Å²) in [6.45, 7) is 9.00. The van der Waals surface area contributed by atoms with E-state index in [1.165, 1.54) is 18.7 Å². The fraction of sp³-hybridized carbons (Fsp3) is 0.481. The van der Waals surface area contributed by atoms with Crippen molar-refractivity contribution >= 4 is 40.9 Å². The lowest BCUT2D eigenvalue weighted by Gasteiger charge is -2.38. The number of nitrogens with zero attached hydrogens (tertiary/aromatic N) is 6. The Morgan fingerprint density at radius 2 is 2.00 bits per heavy atom. The Labute approximate surface area is 228 Å². The predicted molar refractivity (Wildman–Crippen MR) is 151 cm³/mol. The van der Waals surface area contributed by atoms with Crippen molar-refractivity contribution in [2.24, 2.45) is 0 Å². The van der Waals surface area contributed by atoms with Crippen LogP contribution in [0.25, 0.3) is 0 Å². The number of likely N-dealkylation sites (tertiary alicyclic amines) is 1. The van der Waals surface area contributed by atoms with Gasteiger partial charge < -0.3 is 35.5 Å². The molecule has 2 aromatic rings. The molecule has 0 unspecified atom stereocenters. The van der Waals surface area contributed by atoms with Crippen molar-refractivity contribution in [1.82, 2.24) is 19.8 Å². The predicted octanol–water partition coefficient (Wildman–Crippen LogP) is 2.58. The first kappa shape index (κ1) is 26.2. The van der Waals surface area contributed by atoms with Gasteiger partial charge in [-0.1, -0.05) is 18.2 Å². The number of halogens is 1. The number of hydrogen-bond donors (Lipinski definition) is 2. The van der Waals surface area contributed by atoms with Crippen LogP contribution in [-0.4, -0.2) is 90.9 Å². The van der Waals surface area contributed by atoms with Crippen molar-refractivity contribution in [3.05, 3.63) is 46.6 Å². The van der Waals surface area contributed by atoms with Gasteiger partial charge in [-0.3, -0.25) is 4.79 Å². The molecule has 3 N–H and O–H groups in total. The van der Waals surface area contributed by atoms with Crippen LogP contribution in [0.15, 0.2) is 24.8 Å². The summed E-state index contributed by atoms with van der Waals surface area (Å²) in [5, 5.41) is 8.48. The first-order chi connectivity index (χ1) is 18.4. The number of piperazine rings is 1. The molecule has 2 saturated heterocycles. The van der Waals surface area contributed by atoms with Crippen LogP contribution in [0.4, 0.5) is 17.2 Å². The highest BCUT2D eigenvalue weighted by atomic mass is 35.5. The monoisotopic (exact) mass is 538 g/mol. The van der Waals surface area contributed by atoms with Gasteiger partial charge in [0.05, 0.1) is 22.9 Å². The highest BCUT2D eigenvalue weighted by Gasteiger charge is 2.30. The Balaban J connectivity index is 1.45. The van der Waals surface area contributed by atoms with Crippen LogP contribution < -0.4 is 20.3 Å². The van der Waals surface area contributed by atoms with Gasteiger partial charge in [0, 0.05) is 61.8 Å². The lowest BCUT2D eigenvalue weighted by molar-refractivity contribution is -0.126. The molecule has 1 aromatic heterocycles. The second-order valence-corrected chi connectivity index (χ2v) is 10.5. The Bertz CT molecular complexity index is 1230. The molecule has 1 aromatic carbocycles. The summed E-state index contributed by atoms with van der Waals surface area (Å²) in [4.78, 5) is 30.4. The van der Waals surface area contributed by atoms with E-state index in [1.807, 2.05) is 4.90 Å². The number of nitrogen functional groups attached to an aromatic ring is 1. The van der Waals surface area contributed by atoms with Crippen molar-refractivity contribution in [2.75, 3.05) is 68.5 Å². The molecule has 0 bridgehead atoms. The molecule has 202 valence electrons. The molecule has 3 aliphatic rings. The number of ether oxygens (including phenoxy) is 1. The van der Waals surface area contributed by atoms with E-state index >= 15 is 0 Å². The maximum atomic E-state index is 12.1. The molecule has 4 heterocycles. The van der Waals surface area contributed by atoms with Crippen molar-refractivity contribution < 1.29 is 9.53 Å². The molecule has 10 nitrogen and oxygen atoms in total. The van der Waals surface area contributed by atoms with E-state index in [9.17, 15) is 4.79 Å². The molecular weight excluding hydrogens is 504 g/mol. The molecule has 0 aliphatic carbocycles. The SMILES string of the molecule is C=CC(=O)N1CCN(c2nc(OC[C@@H]3CCCN3C)nc3c2CCN(c2c(Cl)ccc(N)c2C=N)C3)CC1. The number of rotatable bonds is 7. The van der Waals surface area contributed by atoms with Crippen LogP contribution in [0.2, 0.25) is 5.02 Å². The summed E-state index contributed by atoms with van der Waals surface area (Å²) < 4.78 is 6.19. The van der Waals surface area contributed by atoms with Crippen LogP contribution >= 0.6 is 11.6 Å². The van der Waals surface area contributed by atoms with Gasteiger partial charge in [-0.25, -0.2) is 0 Å². The van der Waals surface area contributed by atoms with Gasteiger partial charge in [0.1, 0.15) is 12.4 Å². The van der Waals surface area contributed by atoms with Crippen LogP contribution in [0, 0.1) is 5.41 Å². The molecule has 1 amide bonds. The normalized spacial score (nSPS) is 19.8. The Hall–Kier alpha value is -3.37. The van der Waals surface area contributed by atoms with E-state index in [1.54, 1.807) is 12.1 Å². The smallest absolute Gasteiger partial charge is 0.318 e. The number of carbonyl (C=O) groups excluding carboxylic acids is 1. The highest BCUT2D eigenvalue weighted by Crippen LogP contribution is 2.37. The molecule has 0 radical (unpaired) electrons. The summed E-state index contributed by atoms with van der Waals surface area (Å²) in [7, 11) is 2.12. The second-order valence-electron chi connectivity index (χ2n) is 10.1. The van der Waals surface area contributed by atoms with Crippen molar-refractivity contribution in [2.45, 2.75) is 31.8 Å². The van der Waals surface area contributed by atoms with Gasteiger partial charge >= 0.3 is 6.01 Å². The number of nitrogens with one attached hydrogen (secondary N) is 1. The van der Waals surface area contributed by atoms with E-state index in [2.05, 4.69) is 28.3 Å². The Morgan fingerprint density at radius 3 is 2.68 bits per heavy atom. The minimum absolute atomic E-state index is 0.0456. The van der Waals surface area contributed by atoms with E-state index < -0.39 is 0 Å². The minimum atomic E-state index is -0.0456. The third-order valence-corrected chi connectivity index (χ3v) is 8.13. The summed E-state index contributed by atoms with van der Waals surface area (Å²) in [6, 6.07) is 4.23. The molecule has 38 heavy (non-hydrogen) atoms. The molecule has 3 aliphatic heterocycles. The number of aromatic nitrogens is 2. The lowest BCUT2D eigenvalue weighted by atomic mass is 10.0. The highest BCUT2D eigenvalue weighted by molar-refractivity contribution is 6.34. The van der Waals surface area contributed by atoms with Gasteiger partial charge in [0.15, 0.2) is 0 Å². The summed E-state index contributed by atoms with van der Waals surface area (Å²) in [5.74, 6) is 0.830. The Morgan fingerprint density at radius 1 is 1.21 bits per heavy atom. The molecule has 5 rings (SSSR count). The third kappa shape index (κ3) is 5.15. The summed E-state index contributed by atoms with van der Waals surface area (Å²) in [5.41, 5.74) is 10.0. The molecule has 1 atom stereocenters. The zero-order valence-corrected chi connectivity index (χ0v) is 22.6. The molecule has 0 saturated carbocycles. The van der Waals surface area contributed by atoms with Crippen LogP contribution in [0.5, 0.6) is 6.01 Å². The van der Waals surface area contributed by atoms with E-state index in [-0.39, 0.29) is 5.91 Å². The number of amides is 1. The second kappa shape index (κ2) is 11.2. The number of fused-ring (bicyclic) bond motifs is 1. The van der Waals surface area contributed by atoms with Crippen LogP contribution in [-0.2, 0) is 17.8 Å². The largest absolute Gasteiger partial charge is 0.462 e. The number of hydrogen-bond acceptors (Lipinski definition) is 9. The lowest BCUT2D eigenvalue weighted by Crippen LogP contribution is -2.49. The van der Waals surface area contributed by atoms with Crippen molar-refractivity contribution in [3.8, 4) is 6.01 Å². The Kier molecular flexibility index (Phi) is 7.71. The van der Waals surface area contributed by atoms with Crippen molar-refractivity contribution in [3.63, 3.8) is 0 Å². The standard InChI is InChI=1S/C27H35ClN8O2/c1-3-24(37)34-11-13-35(14-12-34)26-19-8-10-36(25-20(15-29)22(30)7-6-21(25)28)16-23(19)31-27(32-26)38-17-18-5-4-9-33(18)2/h3,6-7,15,18,29H,1,4-5,8-14,16-17,30H2,2H3/t18-/m0/s1. The van der Waals surface area contributed by atoms with Crippen LogP contribution in [0.1, 0.15) is 29.7 Å². The zero-order chi connectivity index (χ0) is 26.8. The minimum Gasteiger partial charge on any atom is -0.462 e. The summed E-state index contributed by atoms with van der Waals surface area (Å²) in [6.07, 6.45) is 5.60. The zero-order valence-electron chi connectivity index (χ0n) is 21.8. The maximum absolute atomic E-state index is 12.1. The average Bonchev–Trinajstić information content (AvgIpc) is 3.36. The van der Waals surface area contributed by atoms with Gasteiger partial charge in [-0.05, 0) is 51.1 Å². The van der Waals surface area contributed by atoms with Gasteiger partial charge in [0.2, 0.25) is 5.91 Å². The molecule has 11 heteroatoms. The quantitative estimate of drug-likeness (QED) is 0.314. The summed E-state index contributed by atoms with van der Waals surface area (Å²) >= 11 is 6.60. The topological polar surface area (TPSA) is 115 Å². The average molecular weight is 539 g/mol. The fourth-order valence-corrected chi connectivity index (χ4v) is 5.89. The van der Waals surface area contributed by atoms with E-state index in [0.717, 1.165) is 35.7 Å². The van der Waals surface area contributed by atoms with Crippen molar-refractivity contribution in [1.29, 1.82) is 5.41 Å². The maximum Gasteiger partial charge on any atom is 0.318 e. The number of carbonyl (C=O) groups is 1. The van der Waals surface area contributed by atoms with Gasteiger partial charge in [-0.2, -0.15) is 9.97 Å². The third-order valence-electron chi connectivity index (χ3n) is 7.83. The molecule has 2 fully saturated rings. The molecule has 0 spiro atoms. The van der Waals surface area contributed by atoms with Gasteiger partial charge in [0.25, 0.3) is 0 Å². The van der Waals surface area contributed by atoms with Gasteiger partial charge in [-0.15, -0.1) is 0 Å². The van der Waals surface area contributed by atoms with E-state index in [0.29, 0.717) is 80.6 Å². The number of anilines is 3. The number of nitrogens with two attached hydrogens (primary N) is 1. The van der Waals surface area contributed by atoms with Crippen LogP contribution in [0.3, 0.4) is 0 Å².